The molecule has 1 saturated heterocycles. The molecule has 4 nitrogen and oxygen atoms in total. The summed E-state index contributed by atoms with van der Waals surface area (Å²) < 4.78 is 0. The Labute approximate surface area is 139 Å². The van der Waals surface area contributed by atoms with Crippen LogP contribution in [-0.2, 0) is 11.2 Å². The average Bonchev–Trinajstić information content (AvgIpc) is 2.90. The van der Waals surface area contributed by atoms with Gasteiger partial charge in [0.1, 0.15) is 0 Å². The molecule has 1 atom stereocenters. The van der Waals surface area contributed by atoms with Gasteiger partial charge >= 0.3 is 0 Å². The quantitative estimate of drug-likeness (QED) is 0.694. The molecule has 1 heterocycles. The van der Waals surface area contributed by atoms with Gasteiger partial charge in [-0.2, -0.15) is 5.10 Å². The molecule has 2 aromatic rings. The van der Waals surface area contributed by atoms with Crippen molar-refractivity contribution >= 4 is 29.1 Å². The van der Waals surface area contributed by atoms with Crippen molar-refractivity contribution in [3.63, 3.8) is 0 Å². The largest absolute Gasteiger partial charge is 0.303 e. The van der Waals surface area contributed by atoms with Gasteiger partial charge in [-0.25, -0.2) is 0 Å². The zero-order valence-corrected chi connectivity index (χ0v) is 13.6. The Balaban J connectivity index is 1.61. The van der Waals surface area contributed by atoms with Crippen molar-refractivity contribution in [2.45, 2.75) is 18.6 Å². The van der Waals surface area contributed by atoms with Crippen molar-refractivity contribution in [2.75, 3.05) is 0 Å². The second-order valence-electron chi connectivity index (χ2n) is 5.35. The van der Waals surface area contributed by atoms with E-state index in [1.807, 2.05) is 30.3 Å². The van der Waals surface area contributed by atoms with Crippen molar-refractivity contribution in [2.24, 2.45) is 10.2 Å². The minimum Gasteiger partial charge on any atom is -0.303 e. The third-order valence-electron chi connectivity index (χ3n) is 3.47. The van der Waals surface area contributed by atoms with Crippen molar-refractivity contribution in [1.29, 1.82) is 0 Å². The third-order valence-corrected chi connectivity index (χ3v) is 4.55. The van der Waals surface area contributed by atoms with Crippen molar-refractivity contribution in [3.8, 4) is 0 Å². The molecule has 116 valence electrons. The molecule has 1 aliphatic heterocycles. The van der Waals surface area contributed by atoms with Crippen LogP contribution in [0, 0.1) is 6.92 Å². The molecule has 0 bridgehead atoms. The van der Waals surface area contributed by atoms with Crippen LogP contribution in [0.15, 0.2) is 64.8 Å². The molecule has 0 aromatic heterocycles. The molecule has 0 saturated carbocycles. The van der Waals surface area contributed by atoms with Crippen LogP contribution in [0.4, 0.5) is 0 Å². The number of hydrogen-bond donors (Lipinski definition) is 1. The zero-order chi connectivity index (χ0) is 16.1. The van der Waals surface area contributed by atoms with Crippen LogP contribution < -0.4 is 5.32 Å². The third kappa shape index (κ3) is 4.29. The minimum absolute atomic E-state index is 0.00997. The van der Waals surface area contributed by atoms with E-state index in [2.05, 4.69) is 46.7 Å². The summed E-state index contributed by atoms with van der Waals surface area (Å²) in [4.78, 5) is 12.0. The molecule has 1 fully saturated rings. The summed E-state index contributed by atoms with van der Waals surface area (Å²) in [5.74, 6) is -0.00997. The lowest BCUT2D eigenvalue weighted by Gasteiger charge is -2.05. The Morgan fingerprint density at radius 3 is 2.61 bits per heavy atom. The lowest BCUT2D eigenvalue weighted by Crippen LogP contribution is -2.25. The van der Waals surface area contributed by atoms with Crippen molar-refractivity contribution < 1.29 is 4.79 Å². The number of carbonyl (C=O) groups is 1. The molecule has 1 amide bonds. The van der Waals surface area contributed by atoms with Crippen molar-refractivity contribution in [3.05, 3.63) is 71.3 Å². The first-order valence-electron chi connectivity index (χ1n) is 7.40. The Morgan fingerprint density at radius 2 is 1.87 bits per heavy atom. The van der Waals surface area contributed by atoms with Gasteiger partial charge in [0.25, 0.3) is 0 Å². The van der Waals surface area contributed by atoms with Gasteiger partial charge < -0.3 is 5.32 Å². The van der Waals surface area contributed by atoms with Gasteiger partial charge in [0, 0.05) is 0 Å². The first-order chi connectivity index (χ1) is 11.2. The highest BCUT2D eigenvalue weighted by Crippen LogP contribution is 2.23. The molecule has 0 radical (unpaired) electrons. The molecule has 2 aromatic carbocycles. The number of amidine groups is 1. The second kappa shape index (κ2) is 7.24. The SMILES string of the molecule is Cc1ccc(C[C@@H]2S/C(=N/N=C\c3ccccc3)NC2=O)cc1. The van der Waals surface area contributed by atoms with E-state index in [1.54, 1.807) is 6.21 Å². The van der Waals surface area contributed by atoms with Gasteiger partial charge in [0.2, 0.25) is 5.91 Å². The van der Waals surface area contributed by atoms with Crippen LogP contribution in [0.2, 0.25) is 0 Å². The lowest BCUT2D eigenvalue weighted by molar-refractivity contribution is -0.118. The van der Waals surface area contributed by atoms with E-state index in [0.29, 0.717) is 11.6 Å². The topological polar surface area (TPSA) is 53.8 Å². The number of thioether (sulfide) groups is 1. The number of aryl methyl sites for hydroxylation is 1. The van der Waals surface area contributed by atoms with E-state index in [9.17, 15) is 4.79 Å². The summed E-state index contributed by atoms with van der Waals surface area (Å²) in [5.41, 5.74) is 3.34. The lowest BCUT2D eigenvalue weighted by atomic mass is 10.1. The number of nitrogens with zero attached hydrogens (tertiary/aromatic N) is 2. The van der Waals surface area contributed by atoms with Gasteiger partial charge in [-0.3, -0.25) is 4.79 Å². The second-order valence-corrected chi connectivity index (χ2v) is 6.54. The minimum atomic E-state index is -0.150. The van der Waals surface area contributed by atoms with Gasteiger partial charge in [0.15, 0.2) is 5.17 Å². The predicted octanol–water partition coefficient (Wildman–Crippen LogP) is 3.16. The Morgan fingerprint density at radius 1 is 1.13 bits per heavy atom. The first-order valence-corrected chi connectivity index (χ1v) is 8.28. The van der Waals surface area contributed by atoms with Gasteiger partial charge in [0.05, 0.1) is 11.5 Å². The highest BCUT2D eigenvalue weighted by molar-refractivity contribution is 8.15. The highest BCUT2D eigenvalue weighted by Gasteiger charge is 2.30. The molecule has 5 heteroatoms. The summed E-state index contributed by atoms with van der Waals surface area (Å²) in [5, 5.41) is 11.3. The van der Waals surface area contributed by atoms with E-state index >= 15 is 0 Å². The molecule has 3 rings (SSSR count). The molecular weight excluding hydrogens is 306 g/mol. The highest BCUT2D eigenvalue weighted by atomic mass is 32.2. The van der Waals surface area contributed by atoms with Crippen LogP contribution >= 0.6 is 11.8 Å². The van der Waals surface area contributed by atoms with Gasteiger partial charge in [-0.15, -0.1) is 5.10 Å². The molecule has 0 spiro atoms. The van der Waals surface area contributed by atoms with Crippen molar-refractivity contribution in [1.82, 2.24) is 5.32 Å². The van der Waals surface area contributed by atoms with E-state index in [4.69, 9.17) is 0 Å². The summed E-state index contributed by atoms with van der Waals surface area (Å²) in [6, 6.07) is 18.0. The van der Waals surface area contributed by atoms with E-state index in [1.165, 1.54) is 17.3 Å². The van der Waals surface area contributed by atoms with Crippen LogP contribution in [-0.4, -0.2) is 22.5 Å². The Bertz CT molecular complexity index is 739. The Kier molecular flexibility index (Phi) is 4.88. The average molecular weight is 323 g/mol. The van der Waals surface area contributed by atoms with Gasteiger partial charge in [-0.1, -0.05) is 71.9 Å². The maximum absolute atomic E-state index is 12.0. The standard InChI is InChI=1S/C18H17N3OS/c1-13-7-9-14(10-8-13)11-16-17(22)20-18(23-16)21-19-12-15-5-3-2-4-6-15/h2-10,12,16H,11H2,1H3,(H,20,21,22)/b19-12-/t16-/m0/s1. The van der Waals surface area contributed by atoms with E-state index < -0.39 is 0 Å². The molecular formula is C18H17N3OS. The van der Waals surface area contributed by atoms with Gasteiger partial charge in [-0.05, 0) is 24.5 Å². The number of benzene rings is 2. The number of carbonyl (C=O) groups excluding carboxylic acids is 1. The summed E-state index contributed by atoms with van der Waals surface area (Å²) >= 11 is 1.43. The van der Waals surface area contributed by atoms with Crippen LogP contribution in [0.1, 0.15) is 16.7 Å². The molecule has 1 N–H and O–H groups in total. The maximum atomic E-state index is 12.0. The number of hydrogen-bond acceptors (Lipinski definition) is 4. The maximum Gasteiger partial charge on any atom is 0.239 e. The number of amides is 1. The summed E-state index contributed by atoms with van der Waals surface area (Å²) in [7, 11) is 0. The van der Waals surface area contributed by atoms with Crippen LogP contribution in [0.3, 0.4) is 0 Å². The fourth-order valence-electron chi connectivity index (χ4n) is 2.21. The van der Waals surface area contributed by atoms with E-state index in [-0.39, 0.29) is 11.2 Å². The smallest absolute Gasteiger partial charge is 0.239 e. The monoisotopic (exact) mass is 323 g/mol. The number of nitrogens with one attached hydrogen (secondary N) is 1. The van der Waals surface area contributed by atoms with Crippen LogP contribution in [0.25, 0.3) is 0 Å². The Hall–Kier alpha value is -2.40. The number of rotatable bonds is 4. The summed E-state index contributed by atoms with van der Waals surface area (Å²) in [6.45, 7) is 2.05. The fourth-order valence-corrected chi connectivity index (χ4v) is 3.18. The molecule has 0 aliphatic carbocycles. The van der Waals surface area contributed by atoms with Crippen LogP contribution in [0.5, 0.6) is 0 Å². The first kappa shape index (κ1) is 15.5. The molecule has 23 heavy (non-hydrogen) atoms. The fraction of sp³-hybridized carbons (Fsp3) is 0.167. The normalized spacial score (nSPS) is 19.4. The summed E-state index contributed by atoms with van der Waals surface area (Å²) in [6.07, 6.45) is 2.37. The predicted molar refractivity (Wildman–Crippen MR) is 95.9 cm³/mol. The molecule has 0 unspecified atom stereocenters. The molecule has 1 aliphatic rings. The van der Waals surface area contributed by atoms with E-state index in [0.717, 1.165) is 11.1 Å². The zero-order valence-electron chi connectivity index (χ0n) is 12.8.